The SMILES string of the molecule is CN(Cc1ccccc1)C(=O)c1ccc(CN2CCCCC2)cc1. The van der Waals surface area contributed by atoms with E-state index in [9.17, 15) is 4.79 Å². The second-order valence-corrected chi connectivity index (χ2v) is 6.68. The highest BCUT2D eigenvalue weighted by atomic mass is 16.2. The van der Waals surface area contributed by atoms with Crippen LogP contribution in [0.4, 0.5) is 0 Å². The minimum atomic E-state index is 0.0726. The van der Waals surface area contributed by atoms with Crippen molar-refractivity contribution in [2.24, 2.45) is 0 Å². The van der Waals surface area contributed by atoms with E-state index in [2.05, 4.69) is 17.0 Å². The second kappa shape index (κ2) is 8.11. The molecule has 0 aromatic heterocycles. The zero-order valence-electron chi connectivity index (χ0n) is 14.4. The first kappa shape index (κ1) is 16.7. The molecule has 0 N–H and O–H groups in total. The molecule has 3 rings (SSSR count). The van der Waals surface area contributed by atoms with Gasteiger partial charge in [-0.1, -0.05) is 48.9 Å². The molecule has 3 nitrogen and oxygen atoms in total. The van der Waals surface area contributed by atoms with Crippen LogP contribution >= 0.6 is 0 Å². The van der Waals surface area contributed by atoms with Gasteiger partial charge in [0.25, 0.3) is 5.91 Å². The second-order valence-electron chi connectivity index (χ2n) is 6.68. The van der Waals surface area contributed by atoms with E-state index >= 15 is 0 Å². The number of amides is 1. The molecule has 0 atom stereocenters. The lowest BCUT2D eigenvalue weighted by molar-refractivity contribution is 0.0785. The molecule has 0 radical (unpaired) electrons. The van der Waals surface area contributed by atoms with E-state index in [1.54, 1.807) is 4.90 Å². The molecule has 24 heavy (non-hydrogen) atoms. The topological polar surface area (TPSA) is 23.6 Å². The highest BCUT2D eigenvalue weighted by Gasteiger charge is 2.13. The molecule has 1 amide bonds. The quantitative estimate of drug-likeness (QED) is 0.832. The van der Waals surface area contributed by atoms with E-state index in [0.29, 0.717) is 6.54 Å². The maximum Gasteiger partial charge on any atom is 0.253 e. The minimum absolute atomic E-state index is 0.0726. The summed E-state index contributed by atoms with van der Waals surface area (Å²) in [6.07, 6.45) is 3.97. The van der Waals surface area contributed by atoms with Crippen LogP contribution in [0.5, 0.6) is 0 Å². The van der Waals surface area contributed by atoms with Crippen LogP contribution in [0.3, 0.4) is 0 Å². The Morgan fingerprint density at radius 3 is 2.25 bits per heavy atom. The first-order chi connectivity index (χ1) is 11.7. The van der Waals surface area contributed by atoms with E-state index in [1.807, 2.05) is 49.5 Å². The summed E-state index contributed by atoms with van der Waals surface area (Å²) in [6, 6.07) is 18.2. The number of hydrogen-bond acceptors (Lipinski definition) is 2. The van der Waals surface area contributed by atoms with Gasteiger partial charge in [0.1, 0.15) is 0 Å². The van der Waals surface area contributed by atoms with Gasteiger partial charge in [0.05, 0.1) is 0 Å². The van der Waals surface area contributed by atoms with Crippen molar-refractivity contribution in [3.05, 3.63) is 71.3 Å². The highest BCUT2D eigenvalue weighted by Crippen LogP contribution is 2.15. The Kier molecular flexibility index (Phi) is 5.65. The van der Waals surface area contributed by atoms with Crippen LogP contribution in [0.2, 0.25) is 0 Å². The average molecular weight is 322 g/mol. The molecule has 0 unspecified atom stereocenters. The van der Waals surface area contributed by atoms with Crippen molar-refractivity contribution in [2.75, 3.05) is 20.1 Å². The van der Waals surface area contributed by atoms with Crippen LogP contribution in [-0.2, 0) is 13.1 Å². The number of piperidine rings is 1. The first-order valence-electron chi connectivity index (χ1n) is 8.83. The fraction of sp³-hybridized carbons (Fsp3) is 0.381. The third kappa shape index (κ3) is 4.45. The molecule has 1 fully saturated rings. The maximum atomic E-state index is 12.6. The molecule has 3 heteroatoms. The van der Waals surface area contributed by atoms with Crippen molar-refractivity contribution in [3.63, 3.8) is 0 Å². The van der Waals surface area contributed by atoms with E-state index in [0.717, 1.165) is 17.7 Å². The van der Waals surface area contributed by atoms with Crippen molar-refractivity contribution in [3.8, 4) is 0 Å². The van der Waals surface area contributed by atoms with Gasteiger partial charge in [-0.15, -0.1) is 0 Å². The monoisotopic (exact) mass is 322 g/mol. The van der Waals surface area contributed by atoms with Crippen molar-refractivity contribution >= 4 is 5.91 Å². The molecular weight excluding hydrogens is 296 g/mol. The van der Waals surface area contributed by atoms with Crippen LogP contribution in [0.1, 0.15) is 40.7 Å². The van der Waals surface area contributed by atoms with Gasteiger partial charge >= 0.3 is 0 Å². The van der Waals surface area contributed by atoms with Crippen LogP contribution in [-0.4, -0.2) is 35.8 Å². The van der Waals surface area contributed by atoms with Gasteiger partial charge < -0.3 is 4.90 Å². The molecule has 0 spiro atoms. The van der Waals surface area contributed by atoms with Gasteiger partial charge in [0, 0.05) is 25.7 Å². The van der Waals surface area contributed by atoms with Gasteiger partial charge in [-0.2, -0.15) is 0 Å². The predicted octanol–water partition coefficient (Wildman–Crippen LogP) is 3.94. The number of hydrogen-bond donors (Lipinski definition) is 0. The fourth-order valence-corrected chi connectivity index (χ4v) is 3.28. The number of benzene rings is 2. The van der Waals surface area contributed by atoms with Gasteiger partial charge in [-0.25, -0.2) is 0 Å². The van der Waals surface area contributed by atoms with Crippen LogP contribution in [0.25, 0.3) is 0 Å². The molecule has 1 saturated heterocycles. The van der Waals surface area contributed by atoms with E-state index in [1.165, 1.54) is 37.9 Å². The Hall–Kier alpha value is -2.13. The molecule has 1 heterocycles. The van der Waals surface area contributed by atoms with E-state index in [4.69, 9.17) is 0 Å². The van der Waals surface area contributed by atoms with Crippen molar-refractivity contribution in [1.29, 1.82) is 0 Å². The number of rotatable bonds is 5. The Labute approximate surface area is 144 Å². The number of carbonyl (C=O) groups excluding carboxylic acids is 1. The summed E-state index contributed by atoms with van der Waals surface area (Å²) in [4.78, 5) is 16.8. The molecule has 0 bridgehead atoms. The first-order valence-corrected chi connectivity index (χ1v) is 8.83. The normalized spacial score (nSPS) is 15.2. The molecule has 1 aliphatic heterocycles. The van der Waals surface area contributed by atoms with Crippen molar-refractivity contribution < 1.29 is 4.79 Å². The Morgan fingerprint density at radius 1 is 0.917 bits per heavy atom. The summed E-state index contributed by atoms with van der Waals surface area (Å²) < 4.78 is 0. The molecular formula is C21H26N2O. The lowest BCUT2D eigenvalue weighted by atomic mass is 10.1. The number of carbonyl (C=O) groups is 1. The van der Waals surface area contributed by atoms with Gasteiger partial charge in [-0.3, -0.25) is 9.69 Å². The fourth-order valence-electron chi connectivity index (χ4n) is 3.28. The minimum Gasteiger partial charge on any atom is -0.337 e. The standard InChI is InChI=1S/C21H26N2O/c1-22(16-18-8-4-2-5-9-18)21(24)20-12-10-19(11-13-20)17-23-14-6-3-7-15-23/h2,4-5,8-13H,3,6-7,14-17H2,1H3. The molecule has 126 valence electrons. The summed E-state index contributed by atoms with van der Waals surface area (Å²) in [6.45, 7) is 4.02. The Morgan fingerprint density at radius 2 is 1.58 bits per heavy atom. The Balaban J connectivity index is 1.58. The third-order valence-corrected chi connectivity index (χ3v) is 4.67. The van der Waals surface area contributed by atoms with Crippen LogP contribution in [0, 0.1) is 0 Å². The molecule has 1 aliphatic rings. The van der Waals surface area contributed by atoms with Crippen LogP contribution < -0.4 is 0 Å². The lowest BCUT2D eigenvalue weighted by Gasteiger charge is -2.26. The highest BCUT2D eigenvalue weighted by molar-refractivity contribution is 5.94. The largest absolute Gasteiger partial charge is 0.337 e. The van der Waals surface area contributed by atoms with Gasteiger partial charge in [0.15, 0.2) is 0 Å². The van der Waals surface area contributed by atoms with Crippen LogP contribution in [0.15, 0.2) is 54.6 Å². The zero-order valence-corrected chi connectivity index (χ0v) is 14.4. The lowest BCUT2D eigenvalue weighted by Crippen LogP contribution is -2.29. The van der Waals surface area contributed by atoms with E-state index < -0.39 is 0 Å². The van der Waals surface area contributed by atoms with Crippen molar-refractivity contribution in [1.82, 2.24) is 9.80 Å². The van der Waals surface area contributed by atoms with E-state index in [-0.39, 0.29) is 5.91 Å². The summed E-state index contributed by atoms with van der Waals surface area (Å²) in [7, 11) is 1.86. The summed E-state index contributed by atoms with van der Waals surface area (Å²) >= 11 is 0. The zero-order chi connectivity index (χ0) is 16.8. The summed E-state index contributed by atoms with van der Waals surface area (Å²) in [5.41, 5.74) is 3.20. The molecule has 0 aliphatic carbocycles. The number of nitrogens with zero attached hydrogens (tertiary/aromatic N) is 2. The average Bonchev–Trinajstić information content (AvgIpc) is 2.63. The summed E-state index contributed by atoms with van der Waals surface area (Å²) in [5, 5.41) is 0. The van der Waals surface area contributed by atoms with Gasteiger partial charge in [-0.05, 0) is 49.2 Å². The van der Waals surface area contributed by atoms with Crippen molar-refractivity contribution in [2.45, 2.75) is 32.4 Å². The van der Waals surface area contributed by atoms with Gasteiger partial charge in [0.2, 0.25) is 0 Å². The smallest absolute Gasteiger partial charge is 0.253 e. The molecule has 2 aromatic carbocycles. The third-order valence-electron chi connectivity index (χ3n) is 4.67. The summed E-state index contributed by atoms with van der Waals surface area (Å²) in [5.74, 6) is 0.0726. The molecule has 2 aromatic rings. The molecule has 0 saturated carbocycles. The number of likely N-dealkylation sites (tertiary alicyclic amines) is 1. The predicted molar refractivity (Wildman–Crippen MR) is 97.8 cm³/mol. The Bertz CT molecular complexity index is 645. The maximum absolute atomic E-state index is 12.6.